The summed E-state index contributed by atoms with van der Waals surface area (Å²) in [5, 5.41) is 7.24. The van der Waals surface area contributed by atoms with E-state index in [4.69, 9.17) is 0 Å². The number of hydrogen-bond donors (Lipinski definition) is 1. The molecule has 5 rings (SSSR count). The van der Waals surface area contributed by atoms with E-state index in [1.807, 2.05) is 0 Å². The number of hydrogen-bond acceptors (Lipinski definition) is 2. The van der Waals surface area contributed by atoms with Crippen molar-refractivity contribution in [1.29, 1.82) is 0 Å². The lowest BCUT2D eigenvalue weighted by atomic mass is 10.1. The first-order chi connectivity index (χ1) is 14.0. The fraction of sp³-hybridized carbons (Fsp3) is 0.304. The third-order valence-electron chi connectivity index (χ3n) is 5.62. The van der Waals surface area contributed by atoms with Crippen molar-refractivity contribution < 1.29 is 13.6 Å². The molecular formula is C23H21F2N3O. The van der Waals surface area contributed by atoms with Gasteiger partial charge in [0.15, 0.2) is 5.82 Å². The molecule has 2 aliphatic carbocycles. The Balaban J connectivity index is 1.42. The normalized spacial score (nSPS) is 16.1. The van der Waals surface area contributed by atoms with E-state index in [0.717, 1.165) is 37.1 Å². The number of halogens is 2. The van der Waals surface area contributed by atoms with Crippen LogP contribution in [0.4, 0.5) is 14.5 Å². The van der Waals surface area contributed by atoms with Crippen LogP contribution in [0.15, 0.2) is 42.5 Å². The van der Waals surface area contributed by atoms with Gasteiger partial charge in [-0.25, -0.2) is 13.5 Å². The molecule has 1 amide bonds. The van der Waals surface area contributed by atoms with Crippen molar-refractivity contribution in [3.05, 3.63) is 76.6 Å². The van der Waals surface area contributed by atoms with Gasteiger partial charge in [-0.1, -0.05) is 12.1 Å². The van der Waals surface area contributed by atoms with Gasteiger partial charge in [0, 0.05) is 23.2 Å². The van der Waals surface area contributed by atoms with Crippen molar-refractivity contribution >= 4 is 11.6 Å². The van der Waals surface area contributed by atoms with Crippen LogP contribution in [0.25, 0.3) is 5.69 Å². The monoisotopic (exact) mass is 393 g/mol. The molecular weight excluding hydrogens is 372 g/mol. The van der Waals surface area contributed by atoms with Crippen LogP contribution in [-0.2, 0) is 0 Å². The maximum Gasteiger partial charge on any atom is 0.258 e. The van der Waals surface area contributed by atoms with E-state index in [0.29, 0.717) is 23.1 Å². The van der Waals surface area contributed by atoms with Gasteiger partial charge >= 0.3 is 0 Å². The van der Waals surface area contributed by atoms with Crippen LogP contribution in [0.5, 0.6) is 0 Å². The van der Waals surface area contributed by atoms with Crippen molar-refractivity contribution in [2.75, 3.05) is 5.32 Å². The number of anilines is 1. The van der Waals surface area contributed by atoms with Crippen molar-refractivity contribution in [2.45, 2.75) is 44.4 Å². The summed E-state index contributed by atoms with van der Waals surface area (Å²) < 4.78 is 30.8. The summed E-state index contributed by atoms with van der Waals surface area (Å²) in [5.74, 6) is -0.704. The van der Waals surface area contributed by atoms with E-state index < -0.39 is 17.5 Å². The number of aryl methyl sites for hydroxylation is 1. The molecule has 1 N–H and O–H groups in total. The predicted octanol–water partition coefficient (Wildman–Crippen LogP) is 5.47. The largest absolute Gasteiger partial charge is 0.322 e. The van der Waals surface area contributed by atoms with E-state index in [9.17, 15) is 13.6 Å². The zero-order valence-corrected chi connectivity index (χ0v) is 16.1. The van der Waals surface area contributed by atoms with Crippen LogP contribution in [0.2, 0.25) is 0 Å². The zero-order valence-electron chi connectivity index (χ0n) is 16.1. The molecule has 1 aromatic heterocycles. The molecule has 0 bridgehead atoms. The van der Waals surface area contributed by atoms with Gasteiger partial charge in [0.05, 0.1) is 11.3 Å². The lowest BCUT2D eigenvalue weighted by molar-refractivity contribution is 0.102. The van der Waals surface area contributed by atoms with Crippen molar-refractivity contribution in [3.63, 3.8) is 0 Å². The Labute approximate surface area is 167 Å². The van der Waals surface area contributed by atoms with Crippen LogP contribution in [0, 0.1) is 18.6 Å². The standard InChI is InChI=1S/C23H21F2N3O/c1-13-3-2-4-17(22(13)25)23(29)26-16-9-10-20(18(24)11-16)28-21(15-7-8-15)12-19(27-28)14-5-6-14/h2-4,9-12,14-15H,5-8H2,1H3,(H,26,29). The van der Waals surface area contributed by atoms with E-state index in [1.165, 1.54) is 12.1 Å². The van der Waals surface area contributed by atoms with Crippen LogP contribution in [-0.4, -0.2) is 15.7 Å². The van der Waals surface area contributed by atoms with Crippen molar-refractivity contribution in [3.8, 4) is 5.69 Å². The van der Waals surface area contributed by atoms with Crippen LogP contribution in [0.3, 0.4) is 0 Å². The quantitative estimate of drug-likeness (QED) is 0.625. The molecule has 0 radical (unpaired) electrons. The molecule has 2 fully saturated rings. The second-order valence-corrected chi connectivity index (χ2v) is 8.01. The SMILES string of the molecule is Cc1cccc(C(=O)Nc2ccc(-n3nc(C4CC4)cc3C3CC3)c(F)c2)c1F. The van der Waals surface area contributed by atoms with Gasteiger partial charge < -0.3 is 5.32 Å². The first-order valence-corrected chi connectivity index (χ1v) is 9.97. The Morgan fingerprint density at radius 3 is 2.52 bits per heavy atom. The molecule has 4 nitrogen and oxygen atoms in total. The summed E-state index contributed by atoms with van der Waals surface area (Å²) in [6, 6.07) is 11.2. The third kappa shape index (κ3) is 3.43. The van der Waals surface area contributed by atoms with Crippen LogP contribution in [0.1, 0.15) is 64.8 Å². The van der Waals surface area contributed by atoms with Gasteiger partial charge in [-0.05, 0) is 68.5 Å². The van der Waals surface area contributed by atoms with Crippen LogP contribution >= 0.6 is 0 Å². The Morgan fingerprint density at radius 2 is 1.83 bits per heavy atom. The van der Waals surface area contributed by atoms with Crippen molar-refractivity contribution in [1.82, 2.24) is 9.78 Å². The first-order valence-electron chi connectivity index (χ1n) is 9.97. The summed E-state index contributed by atoms with van der Waals surface area (Å²) in [6.07, 6.45) is 4.50. The minimum Gasteiger partial charge on any atom is -0.322 e. The molecule has 2 aliphatic rings. The fourth-order valence-corrected chi connectivity index (χ4v) is 3.63. The molecule has 29 heavy (non-hydrogen) atoms. The van der Waals surface area contributed by atoms with Crippen LogP contribution < -0.4 is 5.32 Å². The second-order valence-electron chi connectivity index (χ2n) is 8.01. The highest BCUT2D eigenvalue weighted by Crippen LogP contribution is 2.45. The van der Waals surface area contributed by atoms with Gasteiger partial charge in [-0.2, -0.15) is 5.10 Å². The summed E-state index contributed by atoms with van der Waals surface area (Å²) in [6.45, 7) is 1.60. The van der Waals surface area contributed by atoms with E-state index >= 15 is 0 Å². The van der Waals surface area contributed by atoms with E-state index in [2.05, 4.69) is 16.5 Å². The molecule has 0 spiro atoms. The minimum atomic E-state index is -0.605. The Bertz CT molecular complexity index is 1110. The molecule has 148 valence electrons. The summed E-state index contributed by atoms with van der Waals surface area (Å²) in [4.78, 5) is 12.4. The molecule has 0 unspecified atom stereocenters. The second kappa shape index (κ2) is 6.79. The van der Waals surface area contributed by atoms with Gasteiger partial charge in [-0.15, -0.1) is 0 Å². The highest BCUT2D eigenvalue weighted by molar-refractivity contribution is 6.04. The lowest BCUT2D eigenvalue weighted by Gasteiger charge is -2.11. The predicted molar refractivity (Wildman–Crippen MR) is 107 cm³/mol. The number of carbonyl (C=O) groups is 1. The lowest BCUT2D eigenvalue weighted by Crippen LogP contribution is -2.15. The van der Waals surface area contributed by atoms with Crippen molar-refractivity contribution in [2.24, 2.45) is 0 Å². The zero-order chi connectivity index (χ0) is 20.1. The highest BCUT2D eigenvalue weighted by atomic mass is 19.1. The number of aromatic nitrogens is 2. The number of rotatable bonds is 5. The summed E-state index contributed by atoms with van der Waals surface area (Å²) in [7, 11) is 0. The molecule has 2 aromatic carbocycles. The highest BCUT2D eigenvalue weighted by Gasteiger charge is 2.33. The summed E-state index contributed by atoms with van der Waals surface area (Å²) in [5.41, 5.74) is 3.07. The Morgan fingerprint density at radius 1 is 1.07 bits per heavy atom. The van der Waals surface area contributed by atoms with E-state index in [1.54, 1.807) is 35.9 Å². The molecule has 6 heteroatoms. The molecule has 0 aliphatic heterocycles. The average Bonchev–Trinajstić information content (AvgIpc) is 3.62. The molecule has 2 saturated carbocycles. The number of amides is 1. The number of nitrogens with zero attached hydrogens (tertiary/aromatic N) is 2. The number of carbonyl (C=O) groups excluding carboxylic acids is 1. The third-order valence-corrected chi connectivity index (χ3v) is 5.62. The maximum atomic E-state index is 14.9. The van der Waals surface area contributed by atoms with Gasteiger partial charge in [0.1, 0.15) is 11.5 Å². The average molecular weight is 393 g/mol. The first kappa shape index (κ1) is 18.0. The van der Waals surface area contributed by atoms with Gasteiger partial charge in [-0.3, -0.25) is 4.79 Å². The summed E-state index contributed by atoms with van der Waals surface area (Å²) >= 11 is 0. The Hall–Kier alpha value is -3.02. The van der Waals surface area contributed by atoms with Gasteiger partial charge in [0.2, 0.25) is 0 Å². The van der Waals surface area contributed by atoms with Gasteiger partial charge in [0.25, 0.3) is 5.91 Å². The van der Waals surface area contributed by atoms with E-state index in [-0.39, 0.29) is 11.3 Å². The number of nitrogens with one attached hydrogen (secondary N) is 1. The fourth-order valence-electron chi connectivity index (χ4n) is 3.63. The topological polar surface area (TPSA) is 46.9 Å². The molecule has 0 atom stereocenters. The molecule has 0 saturated heterocycles. The number of benzene rings is 2. The smallest absolute Gasteiger partial charge is 0.258 e. The minimum absolute atomic E-state index is 0.0633. The Kier molecular flexibility index (Phi) is 4.23. The molecule has 1 heterocycles. The molecule has 3 aromatic rings. The maximum absolute atomic E-state index is 14.9.